The Hall–Kier alpha value is -3.38. The van der Waals surface area contributed by atoms with E-state index in [1.165, 1.54) is 24.3 Å². The first-order chi connectivity index (χ1) is 15.5. The molecule has 0 aliphatic rings. The third-order valence-electron chi connectivity index (χ3n) is 5.37. The summed E-state index contributed by atoms with van der Waals surface area (Å²) in [5.41, 5.74) is 5.72. The molecule has 0 saturated heterocycles. The third-order valence-corrected chi connectivity index (χ3v) is 5.37. The van der Waals surface area contributed by atoms with Gasteiger partial charge >= 0.3 is 0 Å². The summed E-state index contributed by atoms with van der Waals surface area (Å²) in [5, 5.41) is 4.80. The predicted octanol–water partition coefficient (Wildman–Crippen LogP) is 5.24. The van der Waals surface area contributed by atoms with Gasteiger partial charge in [-0.05, 0) is 86.6 Å². The highest BCUT2D eigenvalue weighted by atomic mass is 19.1. The van der Waals surface area contributed by atoms with E-state index in [2.05, 4.69) is 16.0 Å². The standard InChI is InChI=1S/C26H26F2N4/c1-31(2)15-16-32-18-25(26(30-32)20-6-10-23(28)11-7-20)21-13-14-29-24(17-21)12-5-19-3-8-22(27)9-4-19/h3-4,6-11,13-14,17-18H,5,12,15-16H2,1-2H3. The van der Waals surface area contributed by atoms with E-state index in [0.29, 0.717) is 0 Å². The molecule has 0 aliphatic carbocycles. The lowest BCUT2D eigenvalue weighted by atomic mass is 10.0. The molecule has 0 amide bonds. The number of likely N-dealkylation sites (N-methyl/N-ethyl adjacent to an activating group) is 1. The zero-order valence-electron chi connectivity index (χ0n) is 18.3. The van der Waals surface area contributed by atoms with Gasteiger partial charge in [-0.3, -0.25) is 9.67 Å². The van der Waals surface area contributed by atoms with Crippen LogP contribution < -0.4 is 0 Å². The van der Waals surface area contributed by atoms with Crippen LogP contribution in [0.3, 0.4) is 0 Å². The smallest absolute Gasteiger partial charge is 0.123 e. The average Bonchev–Trinajstić information content (AvgIpc) is 3.22. The molecule has 0 unspecified atom stereocenters. The molecule has 0 spiro atoms. The summed E-state index contributed by atoms with van der Waals surface area (Å²) in [6, 6.07) is 17.1. The van der Waals surface area contributed by atoms with Crippen molar-refractivity contribution in [3.8, 4) is 22.4 Å². The molecule has 0 atom stereocenters. The van der Waals surface area contributed by atoms with Gasteiger partial charge in [-0.25, -0.2) is 8.78 Å². The lowest BCUT2D eigenvalue weighted by Gasteiger charge is -2.08. The first kappa shape index (κ1) is 21.8. The fraction of sp³-hybridized carbons (Fsp3) is 0.231. The van der Waals surface area contributed by atoms with Crippen LogP contribution in [-0.4, -0.2) is 40.3 Å². The van der Waals surface area contributed by atoms with Gasteiger partial charge in [-0.2, -0.15) is 5.10 Å². The Morgan fingerprint density at radius 1 is 0.844 bits per heavy atom. The molecule has 0 bridgehead atoms. The van der Waals surface area contributed by atoms with E-state index >= 15 is 0 Å². The highest BCUT2D eigenvalue weighted by molar-refractivity contribution is 5.80. The zero-order chi connectivity index (χ0) is 22.5. The summed E-state index contributed by atoms with van der Waals surface area (Å²) < 4.78 is 28.6. The molecular formula is C26H26F2N4. The lowest BCUT2D eigenvalue weighted by Crippen LogP contribution is -2.18. The predicted molar refractivity (Wildman–Crippen MR) is 123 cm³/mol. The van der Waals surface area contributed by atoms with Crippen LogP contribution in [0, 0.1) is 11.6 Å². The molecule has 164 valence electrons. The van der Waals surface area contributed by atoms with Crippen molar-refractivity contribution in [3.63, 3.8) is 0 Å². The number of aromatic nitrogens is 3. The molecule has 32 heavy (non-hydrogen) atoms. The van der Waals surface area contributed by atoms with Crippen molar-refractivity contribution in [2.75, 3.05) is 20.6 Å². The SMILES string of the molecule is CN(C)CCn1cc(-c2ccnc(CCc3ccc(F)cc3)c2)c(-c2ccc(F)cc2)n1. The van der Waals surface area contributed by atoms with Gasteiger partial charge in [0.15, 0.2) is 0 Å². The Balaban J connectivity index is 1.63. The molecule has 6 heteroatoms. The minimum atomic E-state index is -0.269. The van der Waals surface area contributed by atoms with Crippen molar-refractivity contribution in [1.82, 2.24) is 19.7 Å². The summed E-state index contributed by atoms with van der Waals surface area (Å²) in [4.78, 5) is 6.63. The van der Waals surface area contributed by atoms with Gasteiger partial charge in [0.05, 0.1) is 6.54 Å². The van der Waals surface area contributed by atoms with E-state index in [1.807, 2.05) is 31.0 Å². The molecule has 2 heterocycles. The van der Waals surface area contributed by atoms with Crippen LogP contribution in [0.4, 0.5) is 8.78 Å². The van der Waals surface area contributed by atoms with Gasteiger partial charge in [-0.15, -0.1) is 0 Å². The fourth-order valence-electron chi connectivity index (χ4n) is 3.58. The summed E-state index contributed by atoms with van der Waals surface area (Å²) >= 11 is 0. The van der Waals surface area contributed by atoms with E-state index < -0.39 is 0 Å². The molecule has 0 aliphatic heterocycles. The van der Waals surface area contributed by atoms with Gasteiger partial charge in [-0.1, -0.05) is 12.1 Å². The summed E-state index contributed by atoms with van der Waals surface area (Å²) in [6.45, 7) is 1.62. The molecule has 4 aromatic rings. The largest absolute Gasteiger partial charge is 0.308 e. The summed E-state index contributed by atoms with van der Waals surface area (Å²) in [6.07, 6.45) is 5.38. The maximum Gasteiger partial charge on any atom is 0.123 e. The molecule has 0 N–H and O–H groups in total. The Morgan fingerprint density at radius 2 is 1.53 bits per heavy atom. The maximum absolute atomic E-state index is 13.5. The van der Waals surface area contributed by atoms with Crippen molar-refractivity contribution in [2.24, 2.45) is 0 Å². The van der Waals surface area contributed by atoms with E-state index in [-0.39, 0.29) is 11.6 Å². The van der Waals surface area contributed by atoms with Crippen LogP contribution in [0.15, 0.2) is 73.1 Å². The van der Waals surface area contributed by atoms with Crippen molar-refractivity contribution in [2.45, 2.75) is 19.4 Å². The number of hydrogen-bond acceptors (Lipinski definition) is 3. The van der Waals surface area contributed by atoms with Crippen LogP contribution in [0.2, 0.25) is 0 Å². The lowest BCUT2D eigenvalue weighted by molar-refractivity contribution is 0.373. The van der Waals surface area contributed by atoms with E-state index in [9.17, 15) is 8.78 Å². The molecule has 0 saturated carbocycles. The molecule has 0 radical (unpaired) electrons. The Kier molecular flexibility index (Phi) is 6.71. The van der Waals surface area contributed by atoms with Crippen LogP contribution in [0.25, 0.3) is 22.4 Å². The van der Waals surface area contributed by atoms with Crippen molar-refractivity contribution in [1.29, 1.82) is 0 Å². The van der Waals surface area contributed by atoms with E-state index in [0.717, 1.165) is 59.6 Å². The number of hydrogen-bond donors (Lipinski definition) is 0. The highest BCUT2D eigenvalue weighted by Crippen LogP contribution is 2.31. The second-order valence-corrected chi connectivity index (χ2v) is 8.13. The molecule has 2 aromatic heterocycles. The van der Waals surface area contributed by atoms with Gasteiger partial charge in [0.1, 0.15) is 17.3 Å². The summed E-state index contributed by atoms with van der Waals surface area (Å²) in [7, 11) is 4.06. The Morgan fingerprint density at radius 3 is 2.22 bits per heavy atom. The fourth-order valence-corrected chi connectivity index (χ4v) is 3.58. The van der Waals surface area contributed by atoms with Gasteiger partial charge in [0.2, 0.25) is 0 Å². The average molecular weight is 433 g/mol. The number of nitrogens with zero attached hydrogens (tertiary/aromatic N) is 4. The number of pyridine rings is 1. The van der Waals surface area contributed by atoms with E-state index in [1.54, 1.807) is 30.5 Å². The number of halogens is 2. The second kappa shape index (κ2) is 9.83. The highest BCUT2D eigenvalue weighted by Gasteiger charge is 2.14. The number of aryl methyl sites for hydroxylation is 2. The quantitative estimate of drug-likeness (QED) is 0.382. The molecule has 2 aromatic carbocycles. The van der Waals surface area contributed by atoms with Gasteiger partial charge in [0.25, 0.3) is 0 Å². The van der Waals surface area contributed by atoms with Crippen LogP contribution in [0.1, 0.15) is 11.3 Å². The molecular weight excluding hydrogens is 406 g/mol. The second-order valence-electron chi connectivity index (χ2n) is 8.13. The maximum atomic E-state index is 13.5. The minimum absolute atomic E-state index is 0.228. The van der Waals surface area contributed by atoms with Crippen molar-refractivity contribution < 1.29 is 8.78 Å². The molecule has 0 fully saturated rings. The Labute approximate surface area is 187 Å². The normalized spacial score (nSPS) is 11.3. The van der Waals surface area contributed by atoms with Crippen molar-refractivity contribution >= 4 is 0 Å². The number of benzene rings is 2. The Bertz CT molecular complexity index is 1170. The number of rotatable bonds is 8. The van der Waals surface area contributed by atoms with E-state index in [4.69, 9.17) is 5.10 Å². The van der Waals surface area contributed by atoms with Gasteiger partial charge in [0, 0.05) is 35.8 Å². The first-order valence-electron chi connectivity index (χ1n) is 10.7. The molecule has 4 rings (SSSR count). The third kappa shape index (κ3) is 5.45. The van der Waals surface area contributed by atoms with Crippen molar-refractivity contribution in [3.05, 3.63) is 95.9 Å². The topological polar surface area (TPSA) is 34.0 Å². The zero-order valence-corrected chi connectivity index (χ0v) is 18.3. The van der Waals surface area contributed by atoms with Crippen LogP contribution in [-0.2, 0) is 19.4 Å². The monoisotopic (exact) mass is 432 g/mol. The first-order valence-corrected chi connectivity index (χ1v) is 10.7. The van der Waals surface area contributed by atoms with Crippen LogP contribution >= 0.6 is 0 Å². The minimum Gasteiger partial charge on any atom is -0.308 e. The van der Waals surface area contributed by atoms with Crippen LogP contribution in [0.5, 0.6) is 0 Å². The van der Waals surface area contributed by atoms with Gasteiger partial charge < -0.3 is 4.90 Å². The summed E-state index contributed by atoms with van der Waals surface area (Å²) in [5.74, 6) is -0.497. The molecule has 4 nitrogen and oxygen atoms in total.